The molecule has 1 rings (SSSR count). The molecule has 0 saturated carbocycles. The summed E-state index contributed by atoms with van der Waals surface area (Å²) >= 11 is 16.7. The van der Waals surface area contributed by atoms with Crippen LogP contribution >= 0.6 is 27.4 Å². The second-order valence-electron chi connectivity index (χ2n) is 2.74. The van der Waals surface area contributed by atoms with Crippen LogP contribution in [-0.4, -0.2) is 11.7 Å². The number of halogens is 2. The Bertz CT molecular complexity index is 311. The fourth-order valence-corrected chi connectivity index (χ4v) is 1.75. The van der Waals surface area contributed by atoms with E-state index in [-0.39, 0.29) is 0 Å². The zero-order chi connectivity index (χ0) is 9.90. The fraction of sp³-hybridized carbons (Fsp3) is 0.250. The second kappa shape index (κ2) is 4.77. The lowest BCUT2D eigenvalue weighted by molar-refractivity contribution is 0.557. The zero-order valence-corrected chi connectivity index (χ0v) is 10.4. The van der Waals surface area contributed by atoms with Crippen molar-refractivity contribution in [2.75, 3.05) is 7.05 Å². The Kier molecular flexibility index (Phi) is 4.21. The number of benzene rings is 1. The van der Waals surface area contributed by atoms with Gasteiger partial charge in [0.15, 0.2) is 4.89 Å². The molecular formula is C8H10Cl2NPS. The quantitative estimate of drug-likeness (QED) is 0.754. The van der Waals surface area contributed by atoms with Crippen LogP contribution in [0, 0.1) is 0 Å². The Morgan fingerprint density at radius 3 is 2.31 bits per heavy atom. The maximum atomic E-state index is 5.85. The summed E-state index contributed by atoms with van der Waals surface area (Å²) in [4.78, 5) is -2.31. The van der Waals surface area contributed by atoms with Gasteiger partial charge in [0.25, 0.3) is 0 Å². The van der Waals surface area contributed by atoms with Crippen LogP contribution in [-0.2, 0) is 18.4 Å². The Morgan fingerprint density at radius 2 is 1.85 bits per heavy atom. The van der Waals surface area contributed by atoms with Gasteiger partial charge in [-0.2, -0.15) is 0 Å². The van der Waals surface area contributed by atoms with E-state index in [1.807, 2.05) is 37.4 Å². The van der Waals surface area contributed by atoms with Crippen molar-refractivity contribution >= 4 is 39.2 Å². The van der Waals surface area contributed by atoms with Crippen LogP contribution in [0.4, 0.5) is 0 Å². The maximum Gasteiger partial charge on any atom is 0.183 e. The highest BCUT2D eigenvalue weighted by atomic mass is 35.9. The smallest absolute Gasteiger partial charge is 0.183 e. The summed E-state index contributed by atoms with van der Waals surface area (Å²) in [5.74, 6) is 0. The van der Waals surface area contributed by atoms with Crippen molar-refractivity contribution in [1.82, 2.24) is 4.67 Å². The average molecular weight is 254 g/mol. The Balaban J connectivity index is 2.66. The number of rotatable bonds is 3. The molecule has 1 nitrogen and oxygen atoms in total. The van der Waals surface area contributed by atoms with Crippen LogP contribution < -0.4 is 0 Å². The predicted octanol–water partition coefficient (Wildman–Crippen LogP) is 3.82. The summed E-state index contributed by atoms with van der Waals surface area (Å²) in [6, 6.07) is 9.98. The van der Waals surface area contributed by atoms with E-state index in [4.69, 9.17) is 34.3 Å². The van der Waals surface area contributed by atoms with Crippen LogP contribution in [0.2, 0.25) is 0 Å². The lowest BCUT2D eigenvalue weighted by Gasteiger charge is -2.20. The maximum absolute atomic E-state index is 5.85. The van der Waals surface area contributed by atoms with Crippen LogP contribution in [0.5, 0.6) is 0 Å². The molecule has 0 bridgehead atoms. The first-order chi connectivity index (χ1) is 6.00. The molecule has 0 heterocycles. The van der Waals surface area contributed by atoms with Gasteiger partial charge >= 0.3 is 0 Å². The third-order valence-electron chi connectivity index (χ3n) is 1.65. The molecule has 0 amide bonds. The summed E-state index contributed by atoms with van der Waals surface area (Å²) in [7, 11) is 1.84. The second-order valence-corrected chi connectivity index (χ2v) is 10.5. The first-order valence-electron chi connectivity index (χ1n) is 3.75. The third kappa shape index (κ3) is 3.97. The monoisotopic (exact) mass is 253 g/mol. The minimum atomic E-state index is -2.31. The highest BCUT2D eigenvalue weighted by molar-refractivity contribution is 8.37. The zero-order valence-electron chi connectivity index (χ0n) is 7.15. The van der Waals surface area contributed by atoms with Gasteiger partial charge in [-0.1, -0.05) is 52.8 Å². The van der Waals surface area contributed by atoms with Gasteiger partial charge in [0, 0.05) is 6.54 Å². The van der Waals surface area contributed by atoms with Crippen molar-refractivity contribution in [2.24, 2.45) is 0 Å². The predicted molar refractivity (Wildman–Crippen MR) is 63.9 cm³/mol. The molecule has 1 aromatic rings. The number of nitrogens with zero attached hydrogens (tertiary/aromatic N) is 1. The summed E-state index contributed by atoms with van der Waals surface area (Å²) in [6.45, 7) is 0.700. The molecule has 0 spiro atoms. The number of hydrogen-bond donors (Lipinski definition) is 0. The first kappa shape index (κ1) is 11.5. The van der Waals surface area contributed by atoms with E-state index >= 15 is 0 Å². The lowest BCUT2D eigenvalue weighted by Crippen LogP contribution is -2.08. The minimum absolute atomic E-state index is 0.700. The summed E-state index contributed by atoms with van der Waals surface area (Å²) in [5, 5.41) is 0. The van der Waals surface area contributed by atoms with E-state index in [0.717, 1.165) is 0 Å². The van der Waals surface area contributed by atoms with Gasteiger partial charge in [-0.15, -0.1) is 0 Å². The molecule has 13 heavy (non-hydrogen) atoms. The SMILES string of the molecule is CN(Cc1ccccc1)P(=S)(Cl)Cl. The van der Waals surface area contributed by atoms with Crippen molar-refractivity contribution < 1.29 is 0 Å². The molecule has 0 aliphatic heterocycles. The van der Waals surface area contributed by atoms with Crippen molar-refractivity contribution in [3.05, 3.63) is 35.9 Å². The molecule has 0 aliphatic rings. The molecule has 72 valence electrons. The first-order valence-corrected chi connectivity index (χ1v) is 8.31. The van der Waals surface area contributed by atoms with E-state index in [1.54, 1.807) is 4.67 Å². The molecule has 1 aromatic carbocycles. The molecule has 0 N–H and O–H groups in total. The fourth-order valence-electron chi connectivity index (χ4n) is 0.930. The van der Waals surface area contributed by atoms with Gasteiger partial charge in [-0.3, -0.25) is 4.67 Å². The van der Waals surface area contributed by atoms with Gasteiger partial charge in [0.05, 0.1) is 0 Å². The molecule has 0 unspecified atom stereocenters. The average Bonchev–Trinajstić information content (AvgIpc) is 2.04. The molecule has 0 aromatic heterocycles. The summed E-state index contributed by atoms with van der Waals surface area (Å²) in [6.07, 6.45) is 0. The third-order valence-corrected chi connectivity index (χ3v) is 4.97. The van der Waals surface area contributed by atoms with Crippen LogP contribution in [0.15, 0.2) is 30.3 Å². The molecule has 0 fully saturated rings. The topological polar surface area (TPSA) is 3.24 Å². The van der Waals surface area contributed by atoms with Gasteiger partial charge in [0.1, 0.15) is 0 Å². The molecule has 5 heteroatoms. The lowest BCUT2D eigenvalue weighted by atomic mass is 10.2. The normalized spacial score (nSPS) is 12.0. The van der Waals surface area contributed by atoms with Crippen molar-refractivity contribution in [3.63, 3.8) is 0 Å². The molecule has 0 atom stereocenters. The van der Waals surface area contributed by atoms with E-state index in [2.05, 4.69) is 0 Å². The Hall–Kier alpha value is 0.410. The molecule has 0 saturated heterocycles. The van der Waals surface area contributed by atoms with Crippen molar-refractivity contribution in [1.29, 1.82) is 0 Å². The summed E-state index contributed by atoms with van der Waals surface area (Å²) < 4.78 is 1.81. The Morgan fingerprint density at radius 1 is 1.31 bits per heavy atom. The van der Waals surface area contributed by atoms with Gasteiger partial charge in [-0.25, -0.2) is 0 Å². The van der Waals surface area contributed by atoms with Crippen molar-refractivity contribution in [2.45, 2.75) is 6.54 Å². The molecule has 0 radical (unpaired) electrons. The van der Waals surface area contributed by atoms with Gasteiger partial charge in [-0.05, 0) is 24.4 Å². The van der Waals surface area contributed by atoms with E-state index in [0.29, 0.717) is 6.54 Å². The van der Waals surface area contributed by atoms with Gasteiger partial charge in [0.2, 0.25) is 0 Å². The highest BCUT2D eigenvalue weighted by Gasteiger charge is 2.15. The summed E-state index contributed by atoms with van der Waals surface area (Å²) in [5.41, 5.74) is 1.17. The largest absolute Gasteiger partial charge is 0.250 e. The minimum Gasteiger partial charge on any atom is -0.250 e. The Labute approximate surface area is 93.3 Å². The van der Waals surface area contributed by atoms with Crippen LogP contribution in [0.25, 0.3) is 0 Å². The standard InChI is InChI=1S/C8H10Cl2NPS/c1-11(12(9,10)13)7-8-5-3-2-4-6-8/h2-6H,7H2,1H3. The van der Waals surface area contributed by atoms with Crippen molar-refractivity contribution in [3.8, 4) is 0 Å². The van der Waals surface area contributed by atoms with Gasteiger partial charge < -0.3 is 0 Å². The van der Waals surface area contributed by atoms with E-state index < -0.39 is 4.89 Å². The molecular weight excluding hydrogens is 244 g/mol. The molecule has 0 aliphatic carbocycles. The number of hydrogen-bond acceptors (Lipinski definition) is 1. The van der Waals surface area contributed by atoms with E-state index in [1.165, 1.54) is 5.56 Å². The highest BCUT2D eigenvalue weighted by Crippen LogP contribution is 2.59. The van der Waals surface area contributed by atoms with E-state index in [9.17, 15) is 0 Å². The van der Waals surface area contributed by atoms with Crippen LogP contribution in [0.1, 0.15) is 5.56 Å². The van der Waals surface area contributed by atoms with Crippen LogP contribution in [0.3, 0.4) is 0 Å².